The Kier molecular flexibility index (Phi) is 8.60. The van der Waals surface area contributed by atoms with Gasteiger partial charge in [0.25, 0.3) is 0 Å². The zero-order valence-corrected chi connectivity index (χ0v) is 24.4. The highest BCUT2D eigenvalue weighted by molar-refractivity contribution is 7.81. The summed E-state index contributed by atoms with van der Waals surface area (Å²) in [6.07, 6.45) is 13.1. The molecule has 0 saturated heterocycles. The SMILES string of the molecule is CC(CCC[C@@H](C)[C@H]1CC[C@H]2[C@@H]3CC=C4CC(OS(=O)(=O)O)CC[C@]4(C)[C@H]3CC[C@]12C)COS(=O)(=O)O. The summed E-state index contributed by atoms with van der Waals surface area (Å²) in [5.74, 6) is 3.39. The zero-order valence-electron chi connectivity index (χ0n) is 22.8. The van der Waals surface area contributed by atoms with E-state index in [0.29, 0.717) is 47.8 Å². The Balaban J connectivity index is 1.37. The Hall–Kier alpha value is -0.520. The van der Waals surface area contributed by atoms with Crippen molar-refractivity contribution in [3.63, 3.8) is 0 Å². The van der Waals surface area contributed by atoms with Crippen molar-refractivity contribution < 1.29 is 34.3 Å². The number of rotatable bonds is 10. The molecule has 0 spiro atoms. The van der Waals surface area contributed by atoms with Crippen LogP contribution in [0.25, 0.3) is 0 Å². The summed E-state index contributed by atoms with van der Waals surface area (Å²) in [7, 11) is -8.80. The lowest BCUT2D eigenvalue weighted by Crippen LogP contribution is -2.51. The summed E-state index contributed by atoms with van der Waals surface area (Å²) >= 11 is 0. The fourth-order valence-electron chi connectivity index (χ4n) is 9.13. The molecule has 0 aromatic heterocycles. The average Bonchev–Trinajstić information content (AvgIpc) is 3.14. The molecule has 2 unspecified atom stereocenters. The molecule has 2 N–H and O–H groups in total. The molecule has 0 amide bonds. The Morgan fingerprint density at radius 1 is 0.973 bits per heavy atom. The molecule has 4 aliphatic carbocycles. The topological polar surface area (TPSA) is 127 Å². The highest BCUT2D eigenvalue weighted by atomic mass is 32.3. The molecule has 0 heterocycles. The number of allylic oxidation sites excluding steroid dienone is 1. The van der Waals surface area contributed by atoms with Gasteiger partial charge in [-0.25, -0.2) is 8.37 Å². The predicted molar refractivity (Wildman–Crippen MR) is 141 cm³/mol. The van der Waals surface area contributed by atoms with E-state index in [4.69, 9.17) is 13.3 Å². The predicted octanol–water partition coefficient (Wildman–Crippen LogP) is 6.02. The number of hydrogen-bond donors (Lipinski definition) is 2. The first-order valence-electron chi connectivity index (χ1n) is 14.1. The van der Waals surface area contributed by atoms with E-state index in [1.165, 1.54) is 31.3 Å². The van der Waals surface area contributed by atoms with E-state index in [2.05, 4.69) is 31.0 Å². The van der Waals surface area contributed by atoms with Crippen LogP contribution in [0.15, 0.2) is 11.6 Å². The van der Waals surface area contributed by atoms with Gasteiger partial charge >= 0.3 is 20.8 Å². The Bertz CT molecular complexity index is 1070. The molecular formula is C27H46O8S2. The average molecular weight is 563 g/mol. The van der Waals surface area contributed by atoms with Gasteiger partial charge in [0.05, 0.1) is 12.7 Å². The van der Waals surface area contributed by atoms with Crippen LogP contribution in [0.5, 0.6) is 0 Å². The molecule has 4 aliphatic rings. The van der Waals surface area contributed by atoms with Crippen molar-refractivity contribution in [3.05, 3.63) is 11.6 Å². The van der Waals surface area contributed by atoms with Gasteiger partial charge in [0, 0.05) is 0 Å². The van der Waals surface area contributed by atoms with E-state index in [9.17, 15) is 16.8 Å². The fraction of sp³-hybridized carbons (Fsp3) is 0.926. The van der Waals surface area contributed by atoms with Crippen LogP contribution in [0.3, 0.4) is 0 Å². The minimum Gasteiger partial charge on any atom is -0.264 e. The van der Waals surface area contributed by atoms with E-state index >= 15 is 0 Å². The largest absolute Gasteiger partial charge is 0.397 e. The van der Waals surface area contributed by atoms with Crippen molar-refractivity contribution in [1.82, 2.24) is 0 Å². The van der Waals surface area contributed by atoms with Crippen molar-refractivity contribution in [3.8, 4) is 0 Å². The summed E-state index contributed by atoms with van der Waals surface area (Å²) in [5.41, 5.74) is 1.76. The van der Waals surface area contributed by atoms with Crippen LogP contribution in [0.2, 0.25) is 0 Å². The molecule has 10 heteroatoms. The van der Waals surface area contributed by atoms with Gasteiger partial charge < -0.3 is 0 Å². The van der Waals surface area contributed by atoms with Gasteiger partial charge in [0.15, 0.2) is 0 Å². The van der Waals surface area contributed by atoms with E-state index in [1.807, 2.05) is 6.92 Å². The molecule has 9 atom stereocenters. The molecule has 214 valence electrons. The van der Waals surface area contributed by atoms with Crippen molar-refractivity contribution >= 4 is 20.8 Å². The molecule has 0 aliphatic heterocycles. The maximum Gasteiger partial charge on any atom is 0.397 e. The third kappa shape index (κ3) is 6.46. The van der Waals surface area contributed by atoms with Crippen LogP contribution in [0.4, 0.5) is 0 Å². The summed E-state index contributed by atoms with van der Waals surface area (Å²) in [6.45, 7) is 9.28. The molecule has 3 saturated carbocycles. The lowest BCUT2D eigenvalue weighted by Gasteiger charge is -2.58. The zero-order chi connectivity index (χ0) is 27.2. The highest BCUT2D eigenvalue weighted by Gasteiger charge is 2.59. The van der Waals surface area contributed by atoms with Crippen LogP contribution in [0.1, 0.15) is 98.3 Å². The van der Waals surface area contributed by atoms with Gasteiger partial charge in [0.2, 0.25) is 0 Å². The third-order valence-corrected chi connectivity index (χ3v) is 11.9. The van der Waals surface area contributed by atoms with Gasteiger partial charge in [-0.05, 0) is 104 Å². The highest BCUT2D eigenvalue weighted by Crippen LogP contribution is 2.67. The molecule has 37 heavy (non-hydrogen) atoms. The molecule has 0 bridgehead atoms. The molecule has 0 aromatic carbocycles. The standard InChI is InChI=1S/C27H46O8S2/c1-18(17-34-36(28,29)30)6-5-7-19(2)23-10-11-24-22-9-8-20-16-21(35-37(31,32)33)12-14-26(20,3)25(22)13-15-27(23,24)4/h8,18-19,21-25H,5-7,9-17H2,1-4H3,(H,28,29,30)(H,31,32,33)/t18?,19-,21?,22+,23-,24+,25+,26+,27-/m1/s1. The lowest BCUT2D eigenvalue weighted by molar-refractivity contribution is -0.0560. The minimum absolute atomic E-state index is 0.0243. The molecule has 3 fully saturated rings. The Morgan fingerprint density at radius 2 is 1.70 bits per heavy atom. The van der Waals surface area contributed by atoms with Crippen molar-refractivity contribution in [1.29, 1.82) is 0 Å². The smallest absolute Gasteiger partial charge is 0.264 e. The lowest BCUT2D eigenvalue weighted by atomic mass is 9.47. The molecule has 8 nitrogen and oxygen atoms in total. The molecule has 4 rings (SSSR count). The minimum atomic E-state index is -4.43. The number of hydrogen-bond acceptors (Lipinski definition) is 6. The Morgan fingerprint density at radius 3 is 2.38 bits per heavy atom. The van der Waals surface area contributed by atoms with Gasteiger partial charge in [-0.15, -0.1) is 0 Å². The molecule has 0 aromatic rings. The second kappa shape index (κ2) is 10.8. The first-order valence-corrected chi connectivity index (χ1v) is 16.8. The first kappa shape index (κ1) is 29.5. The van der Waals surface area contributed by atoms with Gasteiger partial charge in [0.1, 0.15) is 0 Å². The summed E-state index contributed by atoms with van der Waals surface area (Å²) in [4.78, 5) is 0. The second-order valence-electron chi connectivity index (χ2n) is 13.1. The van der Waals surface area contributed by atoms with Crippen LogP contribution >= 0.6 is 0 Å². The first-order chi connectivity index (χ1) is 17.1. The van der Waals surface area contributed by atoms with Crippen LogP contribution in [-0.2, 0) is 29.2 Å². The summed E-state index contributed by atoms with van der Waals surface area (Å²) < 4.78 is 71.6. The van der Waals surface area contributed by atoms with E-state index in [1.54, 1.807) is 0 Å². The van der Waals surface area contributed by atoms with E-state index in [-0.39, 0.29) is 17.9 Å². The van der Waals surface area contributed by atoms with Crippen molar-refractivity contribution in [2.24, 2.45) is 46.3 Å². The molecular weight excluding hydrogens is 516 g/mol. The summed E-state index contributed by atoms with van der Waals surface area (Å²) in [5, 5.41) is 0. The normalized spacial score (nSPS) is 39.7. The summed E-state index contributed by atoms with van der Waals surface area (Å²) in [6, 6.07) is 0. The van der Waals surface area contributed by atoms with Gasteiger partial charge in [-0.3, -0.25) is 9.11 Å². The maximum absolute atomic E-state index is 11.3. The van der Waals surface area contributed by atoms with Gasteiger partial charge in [-0.1, -0.05) is 52.2 Å². The number of fused-ring (bicyclic) bond motifs is 5. The van der Waals surface area contributed by atoms with E-state index < -0.39 is 26.9 Å². The fourth-order valence-corrected chi connectivity index (χ4v) is 10.0. The van der Waals surface area contributed by atoms with Crippen LogP contribution in [-0.4, -0.2) is 38.7 Å². The molecule has 0 radical (unpaired) electrons. The second-order valence-corrected chi connectivity index (χ2v) is 15.2. The quantitative estimate of drug-likeness (QED) is 0.245. The van der Waals surface area contributed by atoms with Crippen LogP contribution in [0, 0.1) is 46.3 Å². The van der Waals surface area contributed by atoms with E-state index in [0.717, 1.165) is 32.1 Å². The maximum atomic E-state index is 11.3. The van der Waals surface area contributed by atoms with Crippen molar-refractivity contribution in [2.75, 3.05) is 6.61 Å². The van der Waals surface area contributed by atoms with Crippen molar-refractivity contribution in [2.45, 2.75) is 104 Å². The monoisotopic (exact) mass is 562 g/mol. The van der Waals surface area contributed by atoms with Crippen LogP contribution < -0.4 is 0 Å². The Labute approximate surface area is 223 Å². The van der Waals surface area contributed by atoms with Gasteiger partial charge in [-0.2, -0.15) is 16.8 Å². The third-order valence-electron chi connectivity index (χ3n) is 10.9.